The number of rotatable bonds is 4. The number of benzene rings is 2. The summed E-state index contributed by atoms with van der Waals surface area (Å²) < 4.78 is 13.2. The zero-order valence-corrected chi connectivity index (χ0v) is 17.9. The van der Waals surface area contributed by atoms with Gasteiger partial charge in [0.2, 0.25) is 0 Å². The fourth-order valence-corrected chi connectivity index (χ4v) is 5.12. The molecule has 1 N–H and O–H groups in total. The van der Waals surface area contributed by atoms with Gasteiger partial charge >= 0.3 is 0 Å². The Morgan fingerprint density at radius 3 is 2.61 bits per heavy atom. The van der Waals surface area contributed by atoms with Crippen molar-refractivity contribution >= 4 is 27.2 Å². The number of halogens is 1. The summed E-state index contributed by atoms with van der Waals surface area (Å²) in [5.41, 5.74) is 2.93. The molecule has 2 aromatic heterocycles. The van der Waals surface area contributed by atoms with Crippen LogP contribution in [0.2, 0.25) is 0 Å². The van der Waals surface area contributed by atoms with E-state index < -0.39 is 0 Å². The molecule has 0 radical (unpaired) electrons. The first kappa shape index (κ1) is 19.9. The first-order chi connectivity index (χ1) is 15.2. The Balaban J connectivity index is 1.33. The number of thiophene rings is 1. The molecular weight excluding hydrogens is 411 g/mol. The lowest BCUT2D eigenvalue weighted by Gasteiger charge is -2.23. The van der Waals surface area contributed by atoms with Gasteiger partial charge in [0.25, 0.3) is 5.56 Å². The van der Waals surface area contributed by atoms with E-state index in [1.54, 1.807) is 0 Å². The summed E-state index contributed by atoms with van der Waals surface area (Å²) in [5, 5.41) is 2.68. The normalized spacial score (nSPS) is 15.3. The van der Waals surface area contributed by atoms with Gasteiger partial charge in [-0.05, 0) is 36.2 Å². The highest BCUT2D eigenvalue weighted by Gasteiger charge is 2.18. The molecule has 0 bridgehead atoms. The van der Waals surface area contributed by atoms with Crippen molar-refractivity contribution in [3.63, 3.8) is 0 Å². The SMILES string of the molecule is O=c1[nH]c(CN2CCCN(c3ccc(F)cc3)CC2)nc2scc(-c3ccccc3)c12. The smallest absolute Gasteiger partial charge is 0.260 e. The summed E-state index contributed by atoms with van der Waals surface area (Å²) in [5.74, 6) is 0.490. The lowest BCUT2D eigenvalue weighted by Crippen LogP contribution is -2.31. The molecule has 1 aliphatic heterocycles. The fraction of sp³-hybridized carbons (Fsp3) is 0.250. The predicted octanol–water partition coefficient (Wildman–Crippen LogP) is 4.50. The van der Waals surface area contributed by atoms with Gasteiger partial charge < -0.3 is 9.88 Å². The molecule has 3 heterocycles. The van der Waals surface area contributed by atoms with Crippen LogP contribution in [-0.4, -0.2) is 41.0 Å². The third-order valence-corrected chi connectivity index (χ3v) is 6.60. The van der Waals surface area contributed by atoms with Crippen molar-refractivity contribution < 1.29 is 4.39 Å². The van der Waals surface area contributed by atoms with Crippen LogP contribution < -0.4 is 10.5 Å². The maximum atomic E-state index is 13.2. The first-order valence-electron chi connectivity index (χ1n) is 10.5. The quantitative estimate of drug-likeness (QED) is 0.514. The molecule has 5 nitrogen and oxygen atoms in total. The van der Waals surface area contributed by atoms with Crippen LogP contribution in [0, 0.1) is 5.82 Å². The Kier molecular flexibility index (Phi) is 5.53. The van der Waals surface area contributed by atoms with E-state index in [0.29, 0.717) is 17.8 Å². The summed E-state index contributed by atoms with van der Waals surface area (Å²) in [7, 11) is 0. The molecule has 1 saturated heterocycles. The van der Waals surface area contributed by atoms with E-state index in [1.807, 2.05) is 47.8 Å². The van der Waals surface area contributed by atoms with Gasteiger partial charge in [-0.2, -0.15) is 0 Å². The molecule has 5 rings (SSSR count). The van der Waals surface area contributed by atoms with E-state index in [2.05, 4.69) is 14.8 Å². The van der Waals surface area contributed by atoms with Gasteiger partial charge in [-0.25, -0.2) is 9.37 Å². The van der Waals surface area contributed by atoms with E-state index in [1.165, 1.54) is 23.5 Å². The van der Waals surface area contributed by atoms with Crippen LogP contribution in [-0.2, 0) is 6.54 Å². The van der Waals surface area contributed by atoms with Gasteiger partial charge in [0.05, 0.1) is 11.9 Å². The van der Waals surface area contributed by atoms with Crippen LogP contribution >= 0.6 is 11.3 Å². The Bertz CT molecular complexity index is 1240. The lowest BCUT2D eigenvalue weighted by atomic mass is 10.1. The summed E-state index contributed by atoms with van der Waals surface area (Å²) in [6, 6.07) is 16.6. The third kappa shape index (κ3) is 4.24. The minimum atomic E-state index is -0.213. The minimum absolute atomic E-state index is 0.0807. The molecule has 4 aromatic rings. The van der Waals surface area contributed by atoms with Crippen LogP contribution in [0.3, 0.4) is 0 Å². The topological polar surface area (TPSA) is 52.2 Å². The van der Waals surface area contributed by atoms with Crippen molar-refractivity contribution in [2.45, 2.75) is 13.0 Å². The molecule has 1 fully saturated rings. The third-order valence-electron chi connectivity index (χ3n) is 5.73. The van der Waals surface area contributed by atoms with Crippen LogP contribution in [0.5, 0.6) is 0 Å². The second kappa shape index (κ2) is 8.61. The Hall–Kier alpha value is -3.03. The van der Waals surface area contributed by atoms with Crippen LogP contribution in [0.4, 0.5) is 10.1 Å². The first-order valence-corrected chi connectivity index (χ1v) is 11.3. The van der Waals surface area contributed by atoms with Crippen molar-refractivity contribution in [2.24, 2.45) is 0 Å². The van der Waals surface area contributed by atoms with Crippen molar-refractivity contribution in [1.82, 2.24) is 14.9 Å². The average Bonchev–Trinajstić information content (AvgIpc) is 3.08. The number of hydrogen-bond acceptors (Lipinski definition) is 5. The van der Waals surface area contributed by atoms with Gasteiger partial charge in [0, 0.05) is 42.8 Å². The zero-order chi connectivity index (χ0) is 21.2. The summed E-state index contributed by atoms with van der Waals surface area (Å²) >= 11 is 1.51. The maximum absolute atomic E-state index is 13.2. The van der Waals surface area contributed by atoms with Crippen molar-refractivity contribution in [2.75, 3.05) is 31.1 Å². The number of nitrogens with zero attached hydrogens (tertiary/aromatic N) is 3. The molecule has 0 atom stereocenters. The highest BCUT2D eigenvalue weighted by atomic mass is 32.1. The van der Waals surface area contributed by atoms with Crippen LogP contribution in [0.1, 0.15) is 12.2 Å². The van der Waals surface area contributed by atoms with Crippen LogP contribution in [0.25, 0.3) is 21.3 Å². The summed E-state index contributed by atoms with van der Waals surface area (Å²) in [6.07, 6.45) is 1.00. The largest absolute Gasteiger partial charge is 0.370 e. The van der Waals surface area contributed by atoms with E-state index >= 15 is 0 Å². The molecule has 158 valence electrons. The second-order valence-corrected chi connectivity index (χ2v) is 8.66. The molecule has 0 spiro atoms. The maximum Gasteiger partial charge on any atom is 0.260 e. The van der Waals surface area contributed by atoms with Crippen molar-refractivity contribution in [1.29, 1.82) is 0 Å². The minimum Gasteiger partial charge on any atom is -0.370 e. The predicted molar refractivity (Wildman–Crippen MR) is 124 cm³/mol. The average molecular weight is 435 g/mol. The van der Waals surface area contributed by atoms with E-state index in [9.17, 15) is 9.18 Å². The molecule has 0 saturated carbocycles. The van der Waals surface area contributed by atoms with Crippen molar-refractivity contribution in [3.8, 4) is 11.1 Å². The Morgan fingerprint density at radius 1 is 1.00 bits per heavy atom. The number of aromatic amines is 1. The number of nitrogens with one attached hydrogen (secondary N) is 1. The lowest BCUT2D eigenvalue weighted by molar-refractivity contribution is 0.278. The number of hydrogen-bond donors (Lipinski definition) is 1. The van der Waals surface area contributed by atoms with Gasteiger partial charge in [-0.1, -0.05) is 30.3 Å². The summed E-state index contributed by atoms with van der Waals surface area (Å²) in [6.45, 7) is 4.19. The second-order valence-electron chi connectivity index (χ2n) is 7.80. The number of fused-ring (bicyclic) bond motifs is 1. The van der Waals surface area contributed by atoms with E-state index in [4.69, 9.17) is 4.98 Å². The molecule has 0 unspecified atom stereocenters. The molecule has 31 heavy (non-hydrogen) atoms. The van der Waals surface area contributed by atoms with Gasteiger partial charge in [0.15, 0.2) is 0 Å². The van der Waals surface area contributed by atoms with Gasteiger partial charge in [-0.3, -0.25) is 9.69 Å². The summed E-state index contributed by atoms with van der Waals surface area (Å²) in [4.78, 5) is 26.0. The Labute approximate surface area is 183 Å². The van der Waals surface area contributed by atoms with Crippen molar-refractivity contribution in [3.05, 3.63) is 82.0 Å². The van der Waals surface area contributed by atoms with Gasteiger partial charge in [0.1, 0.15) is 16.5 Å². The number of aromatic nitrogens is 2. The molecular formula is C24H23FN4OS. The zero-order valence-electron chi connectivity index (χ0n) is 17.1. The van der Waals surface area contributed by atoms with E-state index in [-0.39, 0.29) is 11.4 Å². The van der Waals surface area contributed by atoms with Gasteiger partial charge in [-0.15, -0.1) is 11.3 Å². The molecule has 7 heteroatoms. The Morgan fingerprint density at radius 2 is 1.81 bits per heavy atom. The number of H-pyrrole nitrogens is 1. The molecule has 0 amide bonds. The molecule has 0 aliphatic carbocycles. The number of anilines is 1. The standard InChI is InChI=1S/C24H23FN4OS/c25-18-7-9-19(10-8-18)29-12-4-11-28(13-14-29)15-21-26-23(30)22-20(16-31-24(22)27-21)17-5-2-1-3-6-17/h1-3,5-10,16H,4,11-15H2,(H,26,27,30). The van der Waals surface area contributed by atoms with Crippen LogP contribution in [0.15, 0.2) is 64.8 Å². The fourth-order valence-electron chi connectivity index (χ4n) is 4.15. The molecule has 1 aliphatic rings. The highest BCUT2D eigenvalue weighted by molar-refractivity contribution is 7.17. The van der Waals surface area contributed by atoms with E-state index in [0.717, 1.165) is 54.2 Å². The highest BCUT2D eigenvalue weighted by Crippen LogP contribution is 2.30. The monoisotopic (exact) mass is 434 g/mol. The molecule has 2 aromatic carbocycles.